The van der Waals surface area contributed by atoms with Gasteiger partial charge < -0.3 is 9.47 Å². The highest BCUT2D eigenvalue weighted by Crippen LogP contribution is 2.55. The van der Waals surface area contributed by atoms with Crippen LogP contribution in [0.5, 0.6) is 0 Å². The Morgan fingerprint density at radius 2 is 1.47 bits per heavy atom. The fourth-order valence-corrected chi connectivity index (χ4v) is 10.8. The molecule has 0 spiro atoms. The zero-order chi connectivity index (χ0) is 35.2. The SMILES string of the molecule is C/C=c1/c2c(s/c1=C(/C)N(c1ccc3c4c(n(-c5ccccc5)c3c1)CCC=C4)c1cccc3c1-c1c4ccccc4cc4cccc-3c14)CCC=C2. The molecule has 8 aromatic rings. The van der Waals surface area contributed by atoms with Crippen LogP contribution >= 0.6 is 11.3 Å². The van der Waals surface area contributed by atoms with Crippen LogP contribution < -0.4 is 14.7 Å². The molecule has 11 rings (SSSR count). The van der Waals surface area contributed by atoms with Crippen LogP contribution in [0.4, 0.5) is 11.4 Å². The summed E-state index contributed by atoms with van der Waals surface area (Å²) in [6.45, 7) is 4.55. The Hall–Kier alpha value is -5.90. The second-order valence-corrected chi connectivity index (χ2v) is 15.7. The Morgan fingerprint density at radius 3 is 2.36 bits per heavy atom. The summed E-state index contributed by atoms with van der Waals surface area (Å²) in [6.07, 6.45) is 16.0. The molecule has 6 aromatic carbocycles. The van der Waals surface area contributed by atoms with Crippen LogP contribution in [0.25, 0.3) is 84.3 Å². The van der Waals surface area contributed by atoms with Gasteiger partial charge in [0.25, 0.3) is 0 Å². The van der Waals surface area contributed by atoms with Crippen molar-refractivity contribution in [1.29, 1.82) is 0 Å². The lowest BCUT2D eigenvalue weighted by Gasteiger charge is -2.29. The van der Waals surface area contributed by atoms with Crippen molar-refractivity contribution < 1.29 is 0 Å². The van der Waals surface area contributed by atoms with E-state index in [0.29, 0.717) is 0 Å². The average Bonchev–Trinajstić information content (AvgIpc) is 3.87. The molecule has 3 heteroatoms. The van der Waals surface area contributed by atoms with Crippen molar-refractivity contribution in [3.05, 3.63) is 159 Å². The first-order chi connectivity index (χ1) is 26.2. The van der Waals surface area contributed by atoms with Crippen molar-refractivity contribution in [2.24, 2.45) is 0 Å². The summed E-state index contributed by atoms with van der Waals surface area (Å²) in [6, 6.07) is 43.2. The van der Waals surface area contributed by atoms with Gasteiger partial charge in [0.2, 0.25) is 0 Å². The number of benzene rings is 6. The molecule has 2 heterocycles. The smallest absolute Gasteiger partial charge is 0.0558 e. The Balaban J connectivity index is 1.26. The van der Waals surface area contributed by atoms with Crippen LogP contribution in [0.1, 0.15) is 48.4 Å². The van der Waals surface area contributed by atoms with Gasteiger partial charge in [0.15, 0.2) is 0 Å². The number of para-hydroxylation sites is 1. The topological polar surface area (TPSA) is 8.17 Å². The summed E-state index contributed by atoms with van der Waals surface area (Å²) in [7, 11) is 0. The fourth-order valence-electron chi connectivity index (χ4n) is 9.50. The van der Waals surface area contributed by atoms with Gasteiger partial charge in [-0.25, -0.2) is 0 Å². The molecular weight excluding hydrogens is 661 g/mol. The molecule has 254 valence electrons. The van der Waals surface area contributed by atoms with E-state index in [2.05, 4.69) is 169 Å². The van der Waals surface area contributed by atoms with Gasteiger partial charge in [-0.05, 0) is 119 Å². The number of hydrogen-bond donors (Lipinski definition) is 0. The van der Waals surface area contributed by atoms with Gasteiger partial charge >= 0.3 is 0 Å². The van der Waals surface area contributed by atoms with Gasteiger partial charge in [0, 0.05) is 49.7 Å². The third kappa shape index (κ3) is 4.44. The molecule has 0 unspecified atom stereocenters. The van der Waals surface area contributed by atoms with Gasteiger partial charge in [-0.15, -0.1) is 11.3 Å². The Bertz CT molecular complexity index is 3020. The van der Waals surface area contributed by atoms with Crippen molar-refractivity contribution in [2.75, 3.05) is 4.90 Å². The lowest BCUT2D eigenvalue weighted by Crippen LogP contribution is -2.29. The molecule has 3 aliphatic carbocycles. The molecule has 53 heavy (non-hydrogen) atoms. The number of aryl methyl sites for hydroxylation is 1. The molecule has 0 bridgehead atoms. The highest BCUT2D eigenvalue weighted by atomic mass is 32.1. The zero-order valence-electron chi connectivity index (χ0n) is 30.0. The number of thiophene rings is 1. The number of hydrogen-bond acceptors (Lipinski definition) is 2. The van der Waals surface area contributed by atoms with Crippen LogP contribution in [0, 0.1) is 0 Å². The maximum Gasteiger partial charge on any atom is 0.0558 e. The molecule has 0 saturated heterocycles. The number of rotatable bonds is 4. The lowest BCUT2D eigenvalue weighted by molar-refractivity contribution is 0.888. The minimum absolute atomic E-state index is 1.03. The van der Waals surface area contributed by atoms with Crippen molar-refractivity contribution in [3.63, 3.8) is 0 Å². The summed E-state index contributed by atoms with van der Waals surface area (Å²) < 4.78 is 3.87. The first-order valence-corrected chi connectivity index (χ1v) is 19.7. The number of allylic oxidation sites excluding steroid dienone is 2. The molecule has 0 fully saturated rings. The van der Waals surface area contributed by atoms with E-state index in [-0.39, 0.29) is 0 Å². The van der Waals surface area contributed by atoms with Crippen LogP contribution in [-0.4, -0.2) is 4.57 Å². The number of fused-ring (bicyclic) bond motifs is 9. The van der Waals surface area contributed by atoms with Crippen LogP contribution in [-0.2, 0) is 12.8 Å². The monoisotopic (exact) mass is 698 g/mol. The van der Waals surface area contributed by atoms with E-state index < -0.39 is 0 Å². The molecular formula is C50H38N2S. The van der Waals surface area contributed by atoms with Crippen molar-refractivity contribution in [2.45, 2.75) is 39.5 Å². The second-order valence-electron chi connectivity index (χ2n) is 14.6. The summed E-state index contributed by atoms with van der Waals surface area (Å²) in [4.78, 5) is 4.08. The minimum atomic E-state index is 1.03. The predicted molar refractivity (Wildman–Crippen MR) is 229 cm³/mol. The Morgan fingerprint density at radius 1 is 0.698 bits per heavy atom. The third-order valence-electron chi connectivity index (χ3n) is 11.7. The highest BCUT2D eigenvalue weighted by Gasteiger charge is 2.30. The van der Waals surface area contributed by atoms with Gasteiger partial charge in [-0.1, -0.05) is 109 Å². The first kappa shape index (κ1) is 30.7. The van der Waals surface area contributed by atoms with Crippen molar-refractivity contribution >= 4 is 79.1 Å². The van der Waals surface area contributed by atoms with Crippen molar-refractivity contribution in [3.8, 4) is 27.9 Å². The fraction of sp³-hybridized carbons (Fsp3) is 0.120. The lowest BCUT2D eigenvalue weighted by atomic mass is 9.94. The summed E-state index contributed by atoms with van der Waals surface area (Å²) >= 11 is 1.98. The Labute approximate surface area is 313 Å². The van der Waals surface area contributed by atoms with Crippen LogP contribution in [0.2, 0.25) is 0 Å². The second kappa shape index (κ2) is 11.8. The van der Waals surface area contributed by atoms with Gasteiger partial charge in [-0.3, -0.25) is 0 Å². The molecule has 0 aliphatic heterocycles. The van der Waals surface area contributed by atoms with Crippen molar-refractivity contribution in [1.82, 2.24) is 4.57 Å². The third-order valence-corrected chi connectivity index (χ3v) is 13.1. The molecule has 0 amide bonds. The maximum atomic E-state index is 2.59. The quantitative estimate of drug-likeness (QED) is 0.166. The molecule has 2 aromatic heterocycles. The van der Waals surface area contributed by atoms with E-state index in [1.807, 2.05) is 11.3 Å². The Kier molecular flexibility index (Phi) is 6.84. The molecule has 3 aliphatic rings. The maximum absolute atomic E-state index is 2.59. The number of nitrogens with zero attached hydrogens (tertiary/aromatic N) is 2. The molecule has 0 atom stereocenters. The summed E-state index contributed by atoms with van der Waals surface area (Å²) in [5.74, 6) is 0. The standard InChI is InChI=1S/C50H38N2S/c1-3-36-40-21-10-12-26-46(40)53-50(36)31(2)51(35-27-28-39-38-20-9-11-24-43(38)52(45(39)30-35)34-17-5-4-6-18-34)44-25-14-23-42-41-22-13-16-33-29-32-15-7-8-19-37(32)49(47(33)41)48(42)44/h3-10,13-23,25,27-30H,11-12,24,26H2,1-2H3/b36-3-,50-31-. The summed E-state index contributed by atoms with van der Waals surface area (Å²) in [5, 5.41) is 7.90. The molecule has 0 saturated carbocycles. The zero-order valence-corrected chi connectivity index (χ0v) is 30.8. The van der Waals surface area contributed by atoms with Gasteiger partial charge in [0.05, 0.1) is 15.7 Å². The van der Waals surface area contributed by atoms with E-state index in [9.17, 15) is 0 Å². The molecule has 2 nitrogen and oxygen atoms in total. The molecule has 0 N–H and O–H groups in total. The molecule has 0 radical (unpaired) electrons. The average molecular weight is 699 g/mol. The number of aromatic nitrogens is 1. The van der Waals surface area contributed by atoms with Crippen LogP contribution in [0.3, 0.4) is 0 Å². The minimum Gasteiger partial charge on any atom is -0.313 e. The van der Waals surface area contributed by atoms with E-state index in [4.69, 9.17) is 0 Å². The highest BCUT2D eigenvalue weighted by molar-refractivity contribution is 7.10. The van der Waals surface area contributed by atoms with E-state index >= 15 is 0 Å². The number of anilines is 2. The largest absolute Gasteiger partial charge is 0.313 e. The van der Waals surface area contributed by atoms with E-state index in [1.54, 1.807) is 0 Å². The predicted octanol–water partition coefficient (Wildman–Crippen LogP) is 12.3. The van der Waals surface area contributed by atoms with E-state index in [1.165, 1.54) is 109 Å². The van der Waals surface area contributed by atoms with Gasteiger partial charge in [-0.2, -0.15) is 0 Å². The van der Waals surface area contributed by atoms with Gasteiger partial charge in [0.1, 0.15) is 0 Å². The normalized spacial score (nSPS) is 14.9. The first-order valence-electron chi connectivity index (χ1n) is 18.9. The van der Waals surface area contributed by atoms with Crippen LogP contribution in [0.15, 0.2) is 127 Å². The summed E-state index contributed by atoms with van der Waals surface area (Å²) in [5.41, 5.74) is 15.6. The van der Waals surface area contributed by atoms with E-state index in [0.717, 1.165) is 25.7 Å².